The maximum atomic E-state index is 13.1. The van der Waals surface area contributed by atoms with Crippen LogP contribution in [0, 0.1) is 5.82 Å². The summed E-state index contributed by atoms with van der Waals surface area (Å²) in [5.74, 6) is -0.336. The molecular weight excluding hydrogens is 299 g/mol. The van der Waals surface area contributed by atoms with Gasteiger partial charge in [0.2, 0.25) is 0 Å². The number of carbonyl (C=O) groups excluding carboxylic acids is 1. The van der Waals surface area contributed by atoms with Gasteiger partial charge in [-0.2, -0.15) is 0 Å². The number of rotatable bonds is 7. The number of phenolic OH excluding ortho intramolecular Hbond substituents is 1. The van der Waals surface area contributed by atoms with E-state index in [1.165, 1.54) is 18.2 Å². The molecule has 1 aromatic carbocycles. The Kier molecular flexibility index (Phi) is 7.29. The lowest BCUT2D eigenvalue weighted by atomic mass is 10.2. The maximum absolute atomic E-state index is 13.1. The van der Waals surface area contributed by atoms with E-state index < -0.39 is 5.60 Å². The van der Waals surface area contributed by atoms with Crippen molar-refractivity contribution >= 4 is 6.09 Å². The van der Waals surface area contributed by atoms with Crippen molar-refractivity contribution in [3.8, 4) is 5.75 Å². The molecule has 0 radical (unpaired) electrons. The normalized spacial score (nSPS) is 11.3. The average molecular weight is 326 g/mol. The Hall–Kier alpha value is -1.82. The van der Waals surface area contributed by atoms with Crippen LogP contribution in [0.3, 0.4) is 0 Å². The molecule has 2 N–H and O–H groups in total. The Morgan fingerprint density at radius 3 is 2.65 bits per heavy atom. The number of ether oxygens (including phenoxy) is 1. The first-order valence-electron chi connectivity index (χ1n) is 7.89. The highest BCUT2D eigenvalue weighted by atomic mass is 19.1. The highest BCUT2D eigenvalue weighted by molar-refractivity contribution is 5.68. The molecule has 0 aliphatic rings. The van der Waals surface area contributed by atoms with Gasteiger partial charge < -0.3 is 20.1 Å². The lowest BCUT2D eigenvalue weighted by Gasteiger charge is -2.27. The van der Waals surface area contributed by atoms with Crippen molar-refractivity contribution in [2.45, 2.75) is 46.3 Å². The van der Waals surface area contributed by atoms with Gasteiger partial charge in [0.1, 0.15) is 17.2 Å². The molecule has 0 aliphatic carbocycles. The smallest absolute Gasteiger partial charge is 0.410 e. The molecule has 0 saturated heterocycles. The van der Waals surface area contributed by atoms with E-state index in [0.29, 0.717) is 31.7 Å². The van der Waals surface area contributed by atoms with Gasteiger partial charge in [-0.05, 0) is 45.4 Å². The average Bonchev–Trinajstić information content (AvgIpc) is 2.43. The summed E-state index contributed by atoms with van der Waals surface area (Å²) in [7, 11) is 0. The fourth-order valence-corrected chi connectivity index (χ4v) is 2.02. The molecule has 1 amide bonds. The predicted molar refractivity (Wildman–Crippen MR) is 87.9 cm³/mol. The van der Waals surface area contributed by atoms with Crippen molar-refractivity contribution in [1.29, 1.82) is 0 Å². The Morgan fingerprint density at radius 2 is 2.04 bits per heavy atom. The molecule has 0 atom stereocenters. The summed E-state index contributed by atoms with van der Waals surface area (Å²) >= 11 is 0. The van der Waals surface area contributed by atoms with Crippen molar-refractivity contribution in [2.24, 2.45) is 0 Å². The SMILES string of the molecule is CCCN(CCNCc1cc(F)ccc1O)C(=O)OC(C)(C)C. The van der Waals surface area contributed by atoms with Crippen LogP contribution in [0.15, 0.2) is 18.2 Å². The van der Waals surface area contributed by atoms with E-state index in [4.69, 9.17) is 4.74 Å². The van der Waals surface area contributed by atoms with E-state index in [0.717, 1.165) is 6.42 Å². The van der Waals surface area contributed by atoms with Gasteiger partial charge in [0, 0.05) is 31.7 Å². The first-order chi connectivity index (χ1) is 10.7. The first kappa shape index (κ1) is 19.2. The monoisotopic (exact) mass is 326 g/mol. The third-order valence-corrected chi connectivity index (χ3v) is 3.06. The van der Waals surface area contributed by atoms with E-state index in [9.17, 15) is 14.3 Å². The number of aromatic hydroxyl groups is 1. The number of phenols is 1. The fraction of sp³-hybridized carbons (Fsp3) is 0.588. The standard InChI is InChI=1S/C17H27FN2O3/c1-5-9-20(16(22)23-17(2,3)4)10-8-19-12-13-11-14(18)6-7-15(13)21/h6-7,11,19,21H,5,8-10,12H2,1-4H3. The van der Waals surface area contributed by atoms with Gasteiger partial charge >= 0.3 is 6.09 Å². The van der Waals surface area contributed by atoms with Crippen LogP contribution in [0.5, 0.6) is 5.75 Å². The number of nitrogens with one attached hydrogen (secondary N) is 1. The van der Waals surface area contributed by atoms with Crippen molar-refractivity contribution in [1.82, 2.24) is 10.2 Å². The van der Waals surface area contributed by atoms with Gasteiger partial charge in [0.15, 0.2) is 0 Å². The zero-order valence-electron chi connectivity index (χ0n) is 14.4. The second kappa shape index (κ2) is 8.72. The summed E-state index contributed by atoms with van der Waals surface area (Å²) in [4.78, 5) is 13.7. The summed E-state index contributed by atoms with van der Waals surface area (Å²) in [6.45, 7) is 9.45. The van der Waals surface area contributed by atoms with Crippen molar-refractivity contribution < 1.29 is 19.0 Å². The Labute approximate surface area is 137 Å². The number of carbonyl (C=O) groups is 1. The van der Waals surface area contributed by atoms with Gasteiger partial charge in [0.25, 0.3) is 0 Å². The van der Waals surface area contributed by atoms with Crippen LogP contribution >= 0.6 is 0 Å². The van der Waals surface area contributed by atoms with E-state index in [1.54, 1.807) is 4.90 Å². The summed E-state index contributed by atoms with van der Waals surface area (Å²) in [5, 5.41) is 12.8. The maximum Gasteiger partial charge on any atom is 0.410 e. The summed E-state index contributed by atoms with van der Waals surface area (Å²) in [5.41, 5.74) is -0.0338. The molecule has 23 heavy (non-hydrogen) atoms. The Morgan fingerprint density at radius 1 is 1.35 bits per heavy atom. The van der Waals surface area contributed by atoms with Crippen LogP contribution < -0.4 is 5.32 Å². The number of halogens is 1. The van der Waals surface area contributed by atoms with Crippen LogP contribution in [-0.2, 0) is 11.3 Å². The highest BCUT2D eigenvalue weighted by Gasteiger charge is 2.21. The van der Waals surface area contributed by atoms with Crippen LogP contribution in [-0.4, -0.2) is 41.3 Å². The lowest BCUT2D eigenvalue weighted by Crippen LogP contribution is -2.40. The van der Waals surface area contributed by atoms with Crippen LogP contribution in [0.25, 0.3) is 0 Å². The molecule has 130 valence electrons. The predicted octanol–water partition coefficient (Wildman–Crippen LogP) is 3.27. The zero-order valence-corrected chi connectivity index (χ0v) is 14.4. The van der Waals surface area contributed by atoms with Gasteiger partial charge in [-0.3, -0.25) is 0 Å². The first-order valence-corrected chi connectivity index (χ1v) is 7.89. The van der Waals surface area contributed by atoms with Crippen molar-refractivity contribution in [3.63, 3.8) is 0 Å². The largest absolute Gasteiger partial charge is 0.508 e. The van der Waals surface area contributed by atoms with E-state index in [2.05, 4.69) is 5.32 Å². The zero-order chi connectivity index (χ0) is 17.5. The van der Waals surface area contributed by atoms with Gasteiger partial charge in [-0.25, -0.2) is 9.18 Å². The van der Waals surface area contributed by atoms with Gasteiger partial charge in [0.05, 0.1) is 0 Å². The quantitative estimate of drug-likeness (QED) is 0.755. The second-order valence-corrected chi connectivity index (χ2v) is 6.42. The molecule has 0 bridgehead atoms. The molecular formula is C17H27FN2O3. The van der Waals surface area contributed by atoms with Crippen LogP contribution in [0.4, 0.5) is 9.18 Å². The molecule has 5 nitrogen and oxygen atoms in total. The molecule has 0 saturated carbocycles. The fourth-order valence-electron chi connectivity index (χ4n) is 2.02. The molecule has 0 aliphatic heterocycles. The summed E-state index contributed by atoms with van der Waals surface area (Å²) in [6, 6.07) is 3.83. The second-order valence-electron chi connectivity index (χ2n) is 6.42. The molecule has 1 rings (SSSR count). The van der Waals surface area contributed by atoms with Crippen molar-refractivity contribution in [2.75, 3.05) is 19.6 Å². The topological polar surface area (TPSA) is 61.8 Å². The Balaban J connectivity index is 2.46. The highest BCUT2D eigenvalue weighted by Crippen LogP contribution is 2.17. The molecule has 1 aromatic rings. The van der Waals surface area contributed by atoms with Gasteiger partial charge in [-0.15, -0.1) is 0 Å². The molecule has 0 spiro atoms. The minimum absolute atomic E-state index is 0.0523. The molecule has 0 unspecified atom stereocenters. The number of nitrogens with zero attached hydrogens (tertiary/aromatic N) is 1. The third-order valence-electron chi connectivity index (χ3n) is 3.06. The van der Waals surface area contributed by atoms with E-state index >= 15 is 0 Å². The molecule has 0 fully saturated rings. The number of hydrogen-bond donors (Lipinski definition) is 2. The minimum Gasteiger partial charge on any atom is -0.508 e. The number of amides is 1. The number of benzene rings is 1. The lowest BCUT2D eigenvalue weighted by molar-refractivity contribution is 0.0252. The van der Waals surface area contributed by atoms with Gasteiger partial charge in [-0.1, -0.05) is 6.92 Å². The summed E-state index contributed by atoms with van der Waals surface area (Å²) in [6.07, 6.45) is 0.499. The Bertz CT molecular complexity index is 515. The van der Waals surface area contributed by atoms with E-state index in [1.807, 2.05) is 27.7 Å². The molecule has 6 heteroatoms. The third kappa shape index (κ3) is 7.32. The van der Waals surface area contributed by atoms with Crippen LogP contribution in [0.1, 0.15) is 39.7 Å². The number of hydrogen-bond acceptors (Lipinski definition) is 4. The van der Waals surface area contributed by atoms with Crippen LogP contribution in [0.2, 0.25) is 0 Å². The summed E-state index contributed by atoms with van der Waals surface area (Å²) < 4.78 is 18.5. The van der Waals surface area contributed by atoms with E-state index in [-0.39, 0.29) is 17.7 Å². The van der Waals surface area contributed by atoms with Crippen molar-refractivity contribution in [3.05, 3.63) is 29.6 Å². The molecule has 0 aromatic heterocycles. The minimum atomic E-state index is -0.524. The molecule has 0 heterocycles.